The summed E-state index contributed by atoms with van der Waals surface area (Å²) in [7, 11) is 2.14. The summed E-state index contributed by atoms with van der Waals surface area (Å²) in [6, 6.07) is 8.61. The Hall–Kier alpha value is -0.570. The molecule has 1 aromatic carbocycles. The number of hydrogen-bond donors (Lipinski definition) is 1. The average Bonchev–Trinajstić information content (AvgIpc) is 2.20. The summed E-state index contributed by atoms with van der Waals surface area (Å²) in [6.07, 6.45) is 2.30. The Morgan fingerprint density at radius 3 is 2.60 bits per heavy atom. The monoisotopic (exact) mass is 224 g/mol. The predicted molar refractivity (Wildman–Crippen MR) is 64.0 cm³/mol. The first-order valence-electron chi connectivity index (χ1n) is 5.40. The largest absolute Gasteiger partial charge is 0.326 e. The van der Waals surface area contributed by atoms with E-state index in [1.54, 1.807) is 0 Å². The Balaban J connectivity index is 2.23. The number of hydrogen-bond acceptors (Lipinski definition) is 2. The number of benzene rings is 1. The van der Waals surface area contributed by atoms with Gasteiger partial charge in [0.2, 0.25) is 0 Å². The van der Waals surface area contributed by atoms with Crippen molar-refractivity contribution in [2.24, 2.45) is 5.73 Å². The molecule has 0 saturated carbocycles. The van der Waals surface area contributed by atoms with Crippen LogP contribution in [0.2, 0.25) is 5.02 Å². The van der Waals surface area contributed by atoms with Gasteiger partial charge in [0.15, 0.2) is 0 Å². The van der Waals surface area contributed by atoms with Crippen molar-refractivity contribution in [3.63, 3.8) is 0 Å². The summed E-state index contributed by atoms with van der Waals surface area (Å²) in [4.78, 5) is 2.33. The van der Waals surface area contributed by atoms with Gasteiger partial charge in [0, 0.05) is 17.1 Å². The maximum atomic E-state index is 6.16. The second-order valence-corrected chi connectivity index (χ2v) is 4.72. The molecule has 2 unspecified atom stereocenters. The van der Waals surface area contributed by atoms with Crippen LogP contribution < -0.4 is 5.73 Å². The van der Waals surface area contributed by atoms with Gasteiger partial charge in [0.1, 0.15) is 0 Å². The molecule has 1 aliphatic heterocycles. The first kappa shape index (κ1) is 10.9. The zero-order valence-electron chi connectivity index (χ0n) is 8.99. The lowest BCUT2D eigenvalue weighted by Crippen LogP contribution is -2.43. The lowest BCUT2D eigenvalue weighted by molar-refractivity contribution is 0.163. The van der Waals surface area contributed by atoms with E-state index >= 15 is 0 Å². The second-order valence-electron chi connectivity index (χ2n) is 4.28. The molecule has 0 spiro atoms. The quantitative estimate of drug-likeness (QED) is 0.794. The van der Waals surface area contributed by atoms with Crippen molar-refractivity contribution in [1.82, 2.24) is 4.90 Å². The van der Waals surface area contributed by atoms with Crippen LogP contribution in [0, 0.1) is 0 Å². The zero-order chi connectivity index (χ0) is 10.8. The van der Waals surface area contributed by atoms with Gasteiger partial charge in [0.05, 0.1) is 0 Å². The molecular formula is C12H17ClN2. The molecule has 1 aliphatic rings. The third-order valence-corrected chi connectivity index (χ3v) is 3.39. The summed E-state index contributed by atoms with van der Waals surface area (Å²) >= 11 is 5.88. The van der Waals surface area contributed by atoms with E-state index in [1.165, 1.54) is 12.0 Å². The molecule has 82 valence electrons. The molecular weight excluding hydrogens is 208 g/mol. The smallest absolute Gasteiger partial charge is 0.0496 e. The number of nitrogens with zero attached hydrogens (tertiary/aromatic N) is 1. The fraction of sp³-hybridized carbons (Fsp3) is 0.500. The molecule has 2 N–H and O–H groups in total. The molecule has 15 heavy (non-hydrogen) atoms. The van der Waals surface area contributed by atoms with Crippen LogP contribution in [0.3, 0.4) is 0 Å². The van der Waals surface area contributed by atoms with Crippen molar-refractivity contribution < 1.29 is 0 Å². The second kappa shape index (κ2) is 4.52. The molecule has 0 aliphatic carbocycles. The number of rotatable bonds is 1. The molecule has 1 heterocycles. The van der Waals surface area contributed by atoms with Crippen LogP contribution in [-0.4, -0.2) is 24.5 Å². The fourth-order valence-electron chi connectivity index (χ4n) is 2.36. The number of halogens is 1. The molecule has 0 amide bonds. The molecule has 2 rings (SSSR count). The first-order valence-corrected chi connectivity index (χ1v) is 5.77. The summed E-state index contributed by atoms with van der Waals surface area (Å²) in [5.74, 6) is 0. The van der Waals surface area contributed by atoms with E-state index in [2.05, 4.69) is 24.1 Å². The van der Waals surface area contributed by atoms with E-state index in [4.69, 9.17) is 17.3 Å². The van der Waals surface area contributed by atoms with Gasteiger partial charge >= 0.3 is 0 Å². The van der Waals surface area contributed by atoms with Gasteiger partial charge < -0.3 is 5.73 Å². The molecule has 3 heteroatoms. The SMILES string of the molecule is CN1CCCC(N)C1c1ccc(Cl)cc1. The molecule has 2 atom stereocenters. The van der Waals surface area contributed by atoms with Gasteiger partial charge in [-0.25, -0.2) is 0 Å². The normalized spacial score (nSPS) is 27.9. The number of likely N-dealkylation sites (N-methyl/N-ethyl adjacent to an activating group) is 1. The predicted octanol–water partition coefficient (Wildman–Crippen LogP) is 2.43. The van der Waals surface area contributed by atoms with Gasteiger partial charge in [-0.1, -0.05) is 23.7 Å². The summed E-state index contributed by atoms with van der Waals surface area (Å²) in [5.41, 5.74) is 7.44. The maximum absolute atomic E-state index is 6.16. The van der Waals surface area contributed by atoms with E-state index in [1.807, 2.05) is 12.1 Å². The summed E-state index contributed by atoms with van der Waals surface area (Å²) < 4.78 is 0. The average molecular weight is 225 g/mol. The Bertz CT molecular complexity index is 313. The van der Waals surface area contributed by atoms with Crippen LogP contribution in [-0.2, 0) is 0 Å². The van der Waals surface area contributed by atoms with Crippen molar-refractivity contribution in [3.05, 3.63) is 34.9 Å². The highest BCUT2D eigenvalue weighted by atomic mass is 35.5. The van der Waals surface area contributed by atoms with Crippen molar-refractivity contribution in [1.29, 1.82) is 0 Å². The Kier molecular flexibility index (Phi) is 3.29. The Morgan fingerprint density at radius 1 is 1.33 bits per heavy atom. The minimum Gasteiger partial charge on any atom is -0.326 e. The minimum atomic E-state index is 0.241. The van der Waals surface area contributed by atoms with E-state index in [0.717, 1.165) is 18.0 Å². The standard InChI is InChI=1S/C12H17ClN2/c1-15-8-2-3-11(14)12(15)9-4-6-10(13)7-5-9/h4-7,11-12H,2-3,8,14H2,1H3. The van der Waals surface area contributed by atoms with E-state index < -0.39 is 0 Å². The van der Waals surface area contributed by atoms with Gasteiger partial charge in [-0.3, -0.25) is 4.90 Å². The van der Waals surface area contributed by atoms with Gasteiger partial charge in [-0.2, -0.15) is 0 Å². The van der Waals surface area contributed by atoms with Crippen LogP contribution in [0.25, 0.3) is 0 Å². The lowest BCUT2D eigenvalue weighted by Gasteiger charge is -2.37. The van der Waals surface area contributed by atoms with Crippen LogP contribution in [0.5, 0.6) is 0 Å². The van der Waals surface area contributed by atoms with Crippen molar-refractivity contribution in [2.75, 3.05) is 13.6 Å². The molecule has 1 fully saturated rings. The summed E-state index contributed by atoms with van der Waals surface area (Å²) in [6.45, 7) is 1.13. The van der Waals surface area contributed by atoms with Crippen LogP contribution in [0.15, 0.2) is 24.3 Å². The summed E-state index contributed by atoms with van der Waals surface area (Å²) in [5, 5.41) is 0.783. The van der Waals surface area contributed by atoms with E-state index in [-0.39, 0.29) is 6.04 Å². The van der Waals surface area contributed by atoms with Crippen LogP contribution in [0.4, 0.5) is 0 Å². The molecule has 2 nitrogen and oxygen atoms in total. The van der Waals surface area contributed by atoms with E-state index in [9.17, 15) is 0 Å². The van der Waals surface area contributed by atoms with Crippen LogP contribution in [0.1, 0.15) is 24.4 Å². The molecule has 0 bridgehead atoms. The van der Waals surface area contributed by atoms with Gasteiger partial charge in [-0.05, 0) is 44.1 Å². The van der Waals surface area contributed by atoms with Crippen molar-refractivity contribution >= 4 is 11.6 Å². The maximum Gasteiger partial charge on any atom is 0.0496 e. The molecule has 1 saturated heterocycles. The number of nitrogens with two attached hydrogens (primary N) is 1. The van der Waals surface area contributed by atoms with Crippen LogP contribution >= 0.6 is 11.6 Å². The number of piperidine rings is 1. The Labute approximate surface area is 96.0 Å². The highest BCUT2D eigenvalue weighted by Crippen LogP contribution is 2.29. The molecule has 0 aromatic heterocycles. The third kappa shape index (κ3) is 2.33. The van der Waals surface area contributed by atoms with Crippen molar-refractivity contribution in [3.8, 4) is 0 Å². The third-order valence-electron chi connectivity index (χ3n) is 3.14. The van der Waals surface area contributed by atoms with Crippen molar-refractivity contribution in [2.45, 2.75) is 24.9 Å². The lowest BCUT2D eigenvalue weighted by atomic mass is 9.91. The fourth-order valence-corrected chi connectivity index (χ4v) is 2.49. The highest BCUT2D eigenvalue weighted by Gasteiger charge is 2.27. The highest BCUT2D eigenvalue weighted by molar-refractivity contribution is 6.30. The van der Waals surface area contributed by atoms with Gasteiger partial charge in [-0.15, -0.1) is 0 Å². The topological polar surface area (TPSA) is 29.3 Å². The minimum absolute atomic E-state index is 0.241. The Morgan fingerprint density at radius 2 is 2.00 bits per heavy atom. The van der Waals surface area contributed by atoms with E-state index in [0.29, 0.717) is 6.04 Å². The zero-order valence-corrected chi connectivity index (χ0v) is 9.74. The molecule has 0 radical (unpaired) electrons. The molecule has 1 aromatic rings. The number of likely N-dealkylation sites (tertiary alicyclic amines) is 1. The van der Waals surface area contributed by atoms with Gasteiger partial charge in [0.25, 0.3) is 0 Å². The first-order chi connectivity index (χ1) is 7.18.